The minimum Gasteiger partial charge on any atom is -0.385 e. The second-order valence-corrected chi connectivity index (χ2v) is 7.55. The Kier molecular flexibility index (Phi) is 5.28. The minimum atomic E-state index is -0.530. The highest BCUT2D eigenvalue weighted by atomic mass is 79.9. The van der Waals surface area contributed by atoms with Crippen molar-refractivity contribution in [2.24, 2.45) is 0 Å². The number of H-pyrrole nitrogens is 1. The average molecular weight is 444 g/mol. The molecule has 0 spiro atoms. The molecule has 144 valence electrons. The van der Waals surface area contributed by atoms with Crippen LogP contribution in [-0.2, 0) is 4.74 Å². The number of carbonyl (C=O) groups excluding carboxylic acids is 1. The van der Waals surface area contributed by atoms with Crippen molar-refractivity contribution in [1.29, 1.82) is 0 Å². The maximum atomic E-state index is 14.7. The lowest BCUT2D eigenvalue weighted by molar-refractivity contribution is 0.0721. The number of nitrogens with one attached hydrogen (secondary N) is 1. The van der Waals surface area contributed by atoms with Crippen LogP contribution < -0.4 is 0 Å². The Bertz CT molecular complexity index is 1000. The highest BCUT2D eigenvalue weighted by Crippen LogP contribution is 2.43. The molecule has 1 amide bonds. The van der Waals surface area contributed by atoms with Crippen molar-refractivity contribution < 1.29 is 13.9 Å². The summed E-state index contributed by atoms with van der Waals surface area (Å²) in [7, 11) is 1.62. The summed E-state index contributed by atoms with van der Waals surface area (Å²) < 4.78 is 20.8. The molecular formula is C21H19BrFN3O2. The lowest BCUT2D eigenvalue weighted by Crippen LogP contribution is -2.31. The Balaban J connectivity index is 1.83. The predicted molar refractivity (Wildman–Crippen MR) is 107 cm³/mol. The molecule has 28 heavy (non-hydrogen) atoms. The minimum absolute atomic E-state index is 0.171. The van der Waals surface area contributed by atoms with Crippen molar-refractivity contribution >= 4 is 21.8 Å². The Labute approximate surface area is 170 Å². The normalized spacial score (nSPS) is 15.9. The zero-order valence-corrected chi connectivity index (χ0v) is 16.9. The predicted octanol–water partition coefficient (Wildman–Crippen LogP) is 4.56. The average Bonchev–Trinajstić information content (AvgIpc) is 3.23. The van der Waals surface area contributed by atoms with Crippen molar-refractivity contribution in [3.63, 3.8) is 0 Å². The van der Waals surface area contributed by atoms with E-state index in [1.54, 1.807) is 30.2 Å². The first-order valence-corrected chi connectivity index (χ1v) is 9.79. The van der Waals surface area contributed by atoms with E-state index < -0.39 is 6.04 Å². The molecule has 7 heteroatoms. The van der Waals surface area contributed by atoms with Gasteiger partial charge >= 0.3 is 0 Å². The SMILES string of the molecule is COCCCN1C(=O)c2[nH]nc(-c3ccc(Br)cc3)c2C1c1ccccc1F. The van der Waals surface area contributed by atoms with Crippen LogP contribution in [0.25, 0.3) is 11.3 Å². The molecule has 4 rings (SSSR count). The van der Waals surface area contributed by atoms with Gasteiger partial charge in [0.05, 0.1) is 11.7 Å². The summed E-state index contributed by atoms with van der Waals surface area (Å²) >= 11 is 3.43. The van der Waals surface area contributed by atoms with Gasteiger partial charge in [0.2, 0.25) is 0 Å². The fourth-order valence-electron chi connectivity index (χ4n) is 3.65. The third kappa shape index (κ3) is 3.25. The fourth-order valence-corrected chi connectivity index (χ4v) is 3.92. The van der Waals surface area contributed by atoms with Crippen LogP contribution >= 0.6 is 15.9 Å². The molecule has 0 saturated carbocycles. The van der Waals surface area contributed by atoms with E-state index in [-0.39, 0.29) is 11.7 Å². The number of hydrogen-bond donors (Lipinski definition) is 1. The Morgan fingerprint density at radius 2 is 1.96 bits per heavy atom. The molecule has 0 fully saturated rings. The molecule has 3 aromatic rings. The molecule has 1 atom stereocenters. The molecule has 0 saturated heterocycles. The zero-order chi connectivity index (χ0) is 19.7. The van der Waals surface area contributed by atoms with E-state index in [1.807, 2.05) is 24.3 Å². The van der Waals surface area contributed by atoms with Crippen LogP contribution in [0, 0.1) is 5.82 Å². The number of ether oxygens (including phenoxy) is 1. The van der Waals surface area contributed by atoms with Gasteiger partial charge in [0.1, 0.15) is 11.5 Å². The van der Waals surface area contributed by atoms with Crippen LogP contribution in [0.5, 0.6) is 0 Å². The number of aromatic nitrogens is 2. The molecule has 0 bridgehead atoms. The van der Waals surface area contributed by atoms with Gasteiger partial charge < -0.3 is 9.64 Å². The van der Waals surface area contributed by atoms with Crippen LogP contribution in [0.4, 0.5) is 4.39 Å². The first-order valence-electron chi connectivity index (χ1n) is 9.00. The van der Waals surface area contributed by atoms with Gasteiger partial charge in [0, 0.05) is 41.4 Å². The molecule has 0 radical (unpaired) electrons. The number of halogens is 2. The lowest BCUT2D eigenvalue weighted by Gasteiger charge is -2.26. The fraction of sp³-hybridized carbons (Fsp3) is 0.238. The molecule has 5 nitrogen and oxygen atoms in total. The Morgan fingerprint density at radius 1 is 1.21 bits per heavy atom. The van der Waals surface area contributed by atoms with Gasteiger partial charge in [-0.25, -0.2) is 4.39 Å². The first kappa shape index (κ1) is 18.8. The largest absolute Gasteiger partial charge is 0.385 e. The molecule has 1 aliphatic rings. The van der Waals surface area contributed by atoms with Crippen molar-refractivity contribution in [3.8, 4) is 11.3 Å². The number of rotatable bonds is 6. The highest BCUT2D eigenvalue weighted by molar-refractivity contribution is 9.10. The molecule has 1 unspecified atom stereocenters. The third-order valence-corrected chi connectivity index (χ3v) is 5.46. The van der Waals surface area contributed by atoms with E-state index in [0.717, 1.165) is 15.6 Å². The maximum Gasteiger partial charge on any atom is 0.273 e. The van der Waals surface area contributed by atoms with Gasteiger partial charge in [0.15, 0.2) is 0 Å². The van der Waals surface area contributed by atoms with Crippen molar-refractivity contribution in [1.82, 2.24) is 15.1 Å². The van der Waals surface area contributed by atoms with Crippen LogP contribution in [-0.4, -0.2) is 41.3 Å². The molecule has 2 aromatic carbocycles. The molecule has 1 aromatic heterocycles. The molecule has 1 N–H and O–H groups in total. The molecular weight excluding hydrogens is 425 g/mol. The van der Waals surface area contributed by atoms with E-state index in [4.69, 9.17) is 4.74 Å². The second kappa shape index (κ2) is 7.85. The summed E-state index contributed by atoms with van der Waals surface area (Å²) in [6.07, 6.45) is 0.665. The number of nitrogens with zero attached hydrogens (tertiary/aromatic N) is 2. The summed E-state index contributed by atoms with van der Waals surface area (Å²) in [4.78, 5) is 14.8. The molecule has 1 aliphatic heterocycles. The monoisotopic (exact) mass is 443 g/mol. The van der Waals surface area contributed by atoms with E-state index in [1.165, 1.54) is 6.07 Å². The molecule has 2 heterocycles. The maximum absolute atomic E-state index is 14.7. The van der Waals surface area contributed by atoms with Gasteiger partial charge in [0.25, 0.3) is 5.91 Å². The topological polar surface area (TPSA) is 58.2 Å². The number of methoxy groups -OCH3 is 1. The van der Waals surface area contributed by atoms with Crippen LogP contribution in [0.3, 0.4) is 0 Å². The van der Waals surface area contributed by atoms with Crippen molar-refractivity contribution in [2.45, 2.75) is 12.5 Å². The van der Waals surface area contributed by atoms with Gasteiger partial charge in [-0.2, -0.15) is 5.10 Å². The second-order valence-electron chi connectivity index (χ2n) is 6.64. The van der Waals surface area contributed by atoms with Gasteiger partial charge in [-0.3, -0.25) is 9.89 Å². The lowest BCUT2D eigenvalue weighted by atomic mass is 9.95. The standard InChI is InChI=1S/C21H19BrFN3O2/c1-28-12-4-11-26-20(15-5-2-3-6-16(15)23)17-18(24-25-19(17)21(26)27)13-7-9-14(22)10-8-13/h2-3,5-10,20H,4,11-12H2,1H3,(H,24,25). The van der Waals surface area contributed by atoms with Gasteiger partial charge in [-0.15, -0.1) is 0 Å². The summed E-state index contributed by atoms with van der Waals surface area (Å²) in [5.74, 6) is -0.511. The Morgan fingerprint density at radius 3 is 2.68 bits per heavy atom. The van der Waals surface area contributed by atoms with E-state index in [2.05, 4.69) is 26.1 Å². The summed E-state index contributed by atoms with van der Waals surface area (Å²) in [6.45, 7) is 0.994. The third-order valence-electron chi connectivity index (χ3n) is 4.93. The van der Waals surface area contributed by atoms with E-state index >= 15 is 0 Å². The summed E-state index contributed by atoms with van der Waals surface area (Å²) in [5.41, 5.74) is 3.14. The smallest absolute Gasteiger partial charge is 0.273 e. The van der Waals surface area contributed by atoms with E-state index in [0.29, 0.717) is 36.5 Å². The van der Waals surface area contributed by atoms with Crippen LogP contribution in [0.2, 0.25) is 0 Å². The number of amides is 1. The Hall–Kier alpha value is -2.51. The first-order chi connectivity index (χ1) is 13.6. The van der Waals surface area contributed by atoms with Crippen LogP contribution in [0.1, 0.15) is 34.1 Å². The van der Waals surface area contributed by atoms with Crippen LogP contribution in [0.15, 0.2) is 53.0 Å². The van der Waals surface area contributed by atoms with Gasteiger partial charge in [-0.05, 0) is 24.6 Å². The highest BCUT2D eigenvalue weighted by Gasteiger charge is 2.42. The molecule has 0 aliphatic carbocycles. The summed E-state index contributed by atoms with van der Waals surface area (Å²) in [6, 6.07) is 13.7. The zero-order valence-electron chi connectivity index (χ0n) is 15.3. The summed E-state index contributed by atoms with van der Waals surface area (Å²) in [5, 5.41) is 7.27. The van der Waals surface area contributed by atoms with Crippen molar-refractivity contribution in [3.05, 3.63) is 75.6 Å². The quantitative estimate of drug-likeness (QED) is 0.568. The number of fused-ring (bicyclic) bond motifs is 1. The van der Waals surface area contributed by atoms with Gasteiger partial charge in [-0.1, -0.05) is 46.3 Å². The number of aromatic amines is 1. The van der Waals surface area contributed by atoms with Crippen molar-refractivity contribution in [2.75, 3.05) is 20.3 Å². The number of benzene rings is 2. The number of hydrogen-bond acceptors (Lipinski definition) is 3. The van der Waals surface area contributed by atoms with E-state index in [9.17, 15) is 9.18 Å². The number of carbonyl (C=O) groups is 1.